The van der Waals surface area contributed by atoms with E-state index in [0.717, 1.165) is 0 Å². The summed E-state index contributed by atoms with van der Waals surface area (Å²) in [6.07, 6.45) is 0. The number of ether oxygens (including phenoxy) is 1. The van der Waals surface area contributed by atoms with Crippen LogP contribution >= 0.6 is 0 Å². The van der Waals surface area contributed by atoms with E-state index in [4.69, 9.17) is 0 Å². The average molecular weight is 225 g/mol. The van der Waals surface area contributed by atoms with E-state index in [1.807, 2.05) is 0 Å². The van der Waals surface area contributed by atoms with E-state index in [9.17, 15) is 27.7 Å². The van der Waals surface area contributed by atoms with Crippen LogP contribution in [0.25, 0.3) is 0 Å². The second kappa shape index (κ2) is 4.11. The Balaban J connectivity index is 3.31. The van der Waals surface area contributed by atoms with Crippen LogP contribution in [-0.4, -0.2) is 11.5 Å². The Hall–Kier alpha value is -1.86. The predicted octanol–water partition coefficient (Wildman–Crippen LogP) is 2.47. The molecule has 0 spiro atoms. The van der Waals surface area contributed by atoms with Crippen LogP contribution in [0.1, 0.15) is 0 Å². The van der Waals surface area contributed by atoms with Crippen molar-refractivity contribution >= 4 is 5.69 Å². The molecule has 0 N–H and O–H groups in total. The van der Waals surface area contributed by atoms with E-state index in [1.54, 1.807) is 0 Å². The third-order valence-electron chi connectivity index (χ3n) is 1.42. The fourth-order valence-corrected chi connectivity index (χ4v) is 0.894. The summed E-state index contributed by atoms with van der Waals surface area (Å²) in [5.41, 5.74) is -1.45. The topological polar surface area (TPSA) is 52.4 Å². The number of hydrogen-bond acceptors (Lipinski definition) is 3. The molecule has 15 heavy (non-hydrogen) atoms. The van der Waals surface area contributed by atoms with Gasteiger partial charge >= 0.3 is 12.3 Å². The molecule has 82 valence electrons. The fraction of sp³-hybridized carbons (Fsp3) is 0.143. The highest BCUT2D eigenvalue weighted by atomic mass is 19.3. The molecule has 1 aromatic carbocycles. The maximum atomic E-state index is 12.8. The lowest BCUT2D eigenvalue weighted by atomic mass is 10.2. The summed E-state index contributed by atoms with van der Waals surface area (Å²) in [5, 5.41) is 10.3. The van der Waals surface area contributed by atoms with E-state index in [2.05, 4.69) is 4.74 Å². The molecule has 0 saturated heterocycles. The maximum Gasteiger partial charge on any atom is 0.387 e. The van der Waals surface area contributed by atoms with E-state index in [0.29, 0.717) is 12.1 Å². The summed E-state index contributed by atoms with van der Waals surface area (Å²) in [7, 11) is 0. The van der Waals surface area contributed by atoms with Crippen LogP contribution in [-0.2, 0) is 0 Å². The van der Waals surface area contributed by atoms with Crippen molar-refractivity contribution in [3.05, 3.63) is 33.9 Å². The standard InChI is InChI=1S/C7H3F4NO3/c8-3-1-2-4(9)6(15-7(10)11)5(3)12(13)14/h1-2,7H. The van der Waals surface area contributed by atoms with Gasteiger partial charge < -0.3 is 4.74 Å². The van der Waals surface area contributed by atoms with Crippen LogP contribution in [0.3, 0.4) is 0 Å². The Morgan fingerprint density at radius 3 is 2.27 bits per heavy atom. The zero-order valence-electron chi connectivity index (χ0n) is 6.92. The fourth-order valence-electron chi connectivity index (χ4n) is 0.894. The first-order valence-electron chi connectivity index (χ1n) is 3.50. The van der Waals surface area contributed by atoms with Crippen molar-refractivity contribution in [1.82, 2.24) is 0 Å². The molecule has 1 rings (SSSR count). The molecule has 0 aliphatic heterocycles. The molecule has 0 aliphatic carbocycles. The SMILES string of the molecule is O=[N+]([O-])c1c(F)ccc(F)c1OC(F)F. The number of nitro groups is 1. The van der Waals surface area contributed by atoms with Gasteiger partial charge in [-0.2, -0.15) is 13.2 Å². The van der Waals surface area contributed by atoms with Gasteiger partial charge in [0.25, 0.3) is 0 Å². The third-order valence-corrected chi connectivity index (χ3v) is 1.42. The molecule has 0 fully saturated rings. The van der Waals surface area contributed by atoms with Crippen LogP contribution in [0, 0.1) is 21.7 Å². The molecule has 0 heterocycles. The summed E-state index contributed by atoms with van der Waals surface area (Å²) >= 11 is 0. The molecule has 0 saturated carbocycles. The maximum absolute atomic E-state index is 12.8. The molecule has 4 nitrogen and oxygen atoms in total. The quantitative estimate of drug-likeness (QED) is 0.451. The molecule has 0 amide bonds. The van der Waals surface area contributed by atoms with Gasteiger partial charge in [-0.05, 0) is 12.1 Å². The lowest BCUT2D eigenvalue weighted by Crippen LogP contribution is -2.07. The van der Waals surface area contributed by atoms with Crippen molar-refractivity contribution in [2.24, 2.45) is 0 Å². The predicted molar refractivity (Wildman–Crippen MR) is 39.6 cm³/mol. The Kier molecular flexibility index (Phi) is 3.08. The van der Waals surface area contributed by atoms with E-state index >= 15 is 0 Å². The second-order valence-electron chi connectivity index (χ2n) is 2.34. The number of hydrogen-bond donors (Lipinski definition) is 0. The van der Waals surface area contributed by atoms with Gasteiger partial charge in [0.1, 0.15) is 0 Å². The highest BCUT2D eigenvalue weighted by Gasteiger charge is 2.27. The van der Waals surface area contributed by atoms with Gasteiger partial charge in [-0.1, -0.05) is 0 Å². The van der Waals surface area contributed by atoms with E-state index in [1.165, 1.54) is 0 Å². The molecule has 1 aromatic rings. The summed E-state index contributed by atoms with van der Waals surface area (Å²) in [6.45, 7) is -3.47. The zero-order chi connectivity index (χ0) is 11.6. The molecule has 0 aliphatic rings. The number of nitrogens with zero attached hydrogens (tertiary/aromatic N) is 1. The first kappa shape index (κ1) is 11.2. The Morgan fingerprint density at radius 1 is 1.27 bits per heavy atom. The monoisotopic (exact) mass is 225 g/mol. The number of rotatable bonds is 3. The molecule has 0 atom stereocenters. The van der Waals surface area contributed by atoms with Gasteiger partial charge in [0, 0.05) is 0 Å². The van der Waals surface area contributed by atoms with Gasteiger partial charge in [-0.3, -0.25) is 10.1 Å². The van der Waals surface area contributed by atoms with Crippen LogP contribution in [0.5, 0.6) is 5.75 Å². The third kappa shape index (κ3) is 2.33. The van der Waals surface area contributed by atoms with Crippen LogP contribution < -0.4 is 4.74 Å². The van der Waals surface area contributed by atoms with Crippen LogP contribution in [0.15, 0.2) is 12.1 Å². The van der Waals surface area contributed by atoms with Crippen molar-refractivity contribution in [1.29, 1.82) is 0 Å². The molecule has 8 heteroatoms. The summed E-state index contributed by atoms with van der Waals surface area (Å²) < 4.78 is 52.6. The van der Waals surface area contributed by atoms with Crippen molar-refractivity contribution in [3.63, 3.8) is 0 Å². The molecule has 0 unspecified atom stereocenters. The Labute approximate surface area is 80.2 Å². The highest BCUT2D eigenvalue weighted by molar-refractivity contribution is 5.48. The lowest BCUT2D eigenvalue weighted by molar-refractivity contribution is -0.389. The van der Waals surface area contributed by atoms with Gasteiger partial charge in [0.2, 0.25) is 11.6 Å². The van der Waals surface area contributed by atoms with E-state index < -0.39 is 34.6 Å². The summed E-state index contributed by atoms with van der Waals surface area (Å²) in [5.74, 6) is -4.28. The Bertz CT molecular complexity index is 396. The van der Waals surface area contributed by atoms with Crippen molar-refractivity contribution in [2.75, 3.05) is 0 Å². The summed E-state index contributed by atoms with van der Waals surface area (Å²) in [4.78, 5) is 8.91. The van der Waals surface area contributed by atoms with Gasteiger partial charge in [-0.25, -0.2) is 4.39 Å². The molecular formula is C7H3F4NO3. The zero-order valence-corrected chi connectivity index (χ0v) is 6.92. The van der Waals surface area contributed by atoms with Crippen LogP contribution in [0.2, 0.25) is 0 Å². The molecular weight excluding hydrogens is 222 g/mol. The first-order chi connectivity index (χ1) is 6.93. The van der Waals surface area contributed by atoms with Crippen molar-refractivity contribution in [2.45, 2.75) is 6.61 Å². The van der Waals surface area contributed by atoms with Gasteiger partial charge in [0.05, 0.1) is 4.92 Å². The number of alkyl halides is 2. The van der Waals surface area contributed by atoms with Crippen molar-refractivity contribution < 1.29 is 27.2 Å². The Morgan fingerprint density at radius 2 is 1.80 bits per heavy atom. The van der Waals surface area contributed by atoms with Crippen LogP contribution in [0.4, 0.5) is 23.2 Å². The first-order valence-corrected chi connectivity index (χ1v) is 3.50. The minimum absolute atomic E-state index is 0.450. The number of benzene rings is 1. The van der Waals surface area contributed by atoms with Gasteiger partial charge in [-0.15, -0.1) is 0 Å². The average Bonchev–Trinajstić information content (AvgIpc) is 2.10. The second-order valence-corrected chi connectivity index (χ2v) is 2.34. The number of halogens is 4. The van der Waals surface area contributed by atoms with Crippen molar-refractivity contribution in [3.8, 4) is 5.75 Å². The normalized spacial score (nSPS) is 10.5. The molecule has 0 aromatic heterocycles. The smallest absolute Gasteiger partial charge is 0.387 e. The van der Waals surface area contributed by atoms with Gasteiger partial charge in [0.15, 0.2) is 5.82 Å². The summed E-state index contributed by atoms with van der Waals surface area (Å²) in [6, 6.07) is 0.909. The lowest BCUT2D eigenvalue weighted by Gasteiger charge is -2.06. The highest BCUT2D eigenvalue weighted by Crippen LogP contribution is 2.33. The molecule has 0 radical (unpaired) electrons. The molecule has 0 bridgehead atoms. The minimum Gasteiger partial charge on any atom is -0.424 e. The van der Waals surface area contributed by atoms with E-state index in [-0.39, 0.29) is 0 Å². The number of nitro benzene ring substituents is 1. The largest absolute Gasteiger partial charge is 0.424 e. The minimum atomic E-state index is -3.47.